The average molecular weight is 214 g/mol. The molecule has 2 rings (SSSR count). The highest BCUT2D eigenvalue weighted by Gasteiger charge is 2.18. The summed E-state index contributed by atoms with van der Waals surface area (Å²) in [4.78, 5) is 0. The Morgan fingerprint density at radius 1 is 1.36 bits per heavy atom. The van der Waals surface area contributed by atoms with Crippen LogP contribution >= 0.6 is 12.4 Å². The third kappa shape index (κ3) is 2.20. The van der Waals surface area contributed by atoms with E-state index in [1.165, 1.54) is 18.4 Å². The quantitative estimate of drug-likeness (QED) is 0.816. The molecule has 0 bridgehead atoms. The molecule has 1 aliphatic rings. The van der Waals surface area contributed by atoms with E-state index < -0.39 is 0 Å². The zero-order valence-corrected chi connectivity index (χ0v) is 9.14. The van der Waals surface area contributed by atoms with E-state index in [0.29, 0.717) is 6.04 Å². The predicted molar refractivity (Wildman–Crippen MR) is 60.2 cm³/mol. The smallest absolute Gasteiger partial charge is 0.123 e. The third-order valence-corrected chi connectivity index (χ3v) is 2.57. The van der Waals surface area contributed by atoms with Crippen LogP contribution in [0.5, 0.6) is 5.75 Å². The summed E-state index contributed by atoms with van der Waals surface area (Å²) in [6.07, 6.45) is 2.49. The number of para-hydroxylation sites is 1. The van der Waals surface area contributed by atoms with Crippen LogP contribution in [0.1, 0.15) is 24.4 Å². The van der Waals surface area contributed by atoms with E-state index in [1.54, 1.807) is 7.11 Å². The van der Waals surface area contributed by atoms with Gasteiger partial charge in [0, 0.05) is 11.6 Å². The Bertz CT molecular complexity index is 284. The van der Waals surface area contributed by atoms with Crippen LogP contribution in [0.25, 0.3) is 0 Å². The fraction of sp³-hybridized carbons (Fsp3) is 0.455. The van der Waals surface area contributed by atoms with E-state index in [1.807, 2.05) is 12.1 Å². The van der Waals surface area contributed by atoms with Gasteiger partial charge in [0.05, 0.1) is 7.11 Å². The fourth-order valence-electron chi connectivity index (χ4n) is 1.90. The molecular formula is C11H16ClNO. The van der Waals surface area contributed by atoms with Crippen molar-refractivity contribution in [2.75, 3.05) is 13.7 Å². The van der Waals surface area contributed by atoms with E-state index in [0.717, 1.165) is 12.3 Å². The van der Waals surface area contributed by atoms with Crippen molar-refractivity contribution in [2.45, 2.75) is 18.9 Å². The Kier molecular flexibility index (Phi) is 4.23. The lowest BCUT2D eigenvalue weighted by Crippen LogP contribution is -2.13. The maximum atomic E-state index is 5.32. The lowest BCUT2D eigenvalue weighted by atomic mass is 10.0. The van der Waals surface area contributed by atoms with Crippen LogP contribution in [0.2, 0.25) is 0 Å². The summed E-state index contributed by atoms with van der Waals surface area (Å²) in [6.45, 7) is 1.13. The zero-order chi connectivity index (χ0) is 9.10. The molecule has 0 saturated carbocycles. The van der Waals surface area contributed by atoms with Crippen LogP contribution in [0, 0.1) is 0 Å². The Balaban J connectivity index is 0.000000980. The molecule has 0 spiro atoms. The van der Waals surface area contributed by atoms with E-state index in [9.17, 15) is 0 Å². The zero-order valence-electron chi connectivity index (χ0n) is 8.32. The van der Waals surface area contributed by atoms with Crippen molar-refractivity contribution in [1.82, 2.24) is 5.32 Å². The molecule has 0 amide bonds. The van der Waals surface area contributed by atoms with Gasteiger partial charge in [0.15, 0.2) is 0 Å². The van der Waals surface area contributed by atoms with Crippen molar-refractivity contribution in [2.24, 2.45) is 0 Å². The molecule has 1 atom stereocenters. The molecule has 1 aliphatic heterocycles. The van der Waals surface area contributed by atoms with Crippen LogP contribution < -0.4 is 10.1 Å². The molecule has 1 fully saturated rings. The lowest BCUT2D eigenvalue weighted by molar-refractivity contribution is 0.403. The van der Waals surface area contributed by atoms with Gasteiger partial charge in [-0.3, -0.25) is 0 Å². The van der Waals surface area contributed by atoms with Crippen LogP contribution in [-0.4, -0.2) is 13.7 Å². The Labute approximate surface area is 91.1 Å². The van der Waals surface area contributed by atoms with Gasteiger partial charge < -0.3 is 10.1 Å². The normalized spacial score (nSPS) is 20.2. The minimum Gasteiger partial charge on any atom is -0.496 e. The average Bonchev–Trinajstić information content (AvgIpc) is 2.70. The monoisotopic (exact) mass is 213 g/mol. The van der Waals surface area contributed by atoms with Crippen molar-refractivity contribution in [3.05, 3.63) is 29.8 Å². The maximum Gasteiger partial charge on any atom is 0.123 e. The van der Waals surface area contributed by atoms with Gasteiger partial charge in [-0.05, 0) is 25.5 Å². The Hall–Kier alpha value is -0.730. The first kappa shape index (κ1) is 11.3. The number of methoxy groups -OCH3 is 1. The molecule has 1 saturated heterocycles. The number of rotatable bonds is 2. The second-order valence-electron chi connectivity index (χ2n) is 3.39. The number of halogens is 1. The van der Waals surface area contributed by atoms with Crippen molar-refractivity contribution in [3.63, 3.8) is 0 Å². The first-order valence-corrected chi connectivity index (χ1v) is 4.78. The minimum absolute atomic E-state index is 0. The van der Waals surface area contributed by atoms with E-state index in [2.05, 4.69) is 17.4 Å². The summed E-state index contributed by atoms with van der Waals surface area (Å²) < 4.78 is 5.32. The Morgan fingerprint density at radius 3 is 2.79 bits per heavy atom. The summed E-state index contributed by atoms with van der Waals surface area (Å²) in [5.74, 6) is 1.00. The van der Waals surface area contributed by atoms with Crippen molar-refractivity contribution in [3.8, 4) is 5.75 Å². The fourth-order valence-corrected chi connectivity index (χ4v) is 1.90. The summed E-state index contributed by atoms with van der Waals surface area (Å²) in [6, 6.07) is 8.74. The molecule has 1 aromatic rings. The number of hydrogen-bond donors (Lipinski definition) is 1. The molecular weight excluding hydrogens is 198 g/mol. The largest absolute Gasteiger partial charge is 0.496 e. The van der Waals surface area contributed by atoms with Crippen LogP contribution in [0.15, 0.2) is 24.3 Å². The van der Waals surface area contributed by atoms with Gasteiger partial charge in [-0.15, -0.1) is 12.4 Å². The van der Waals surface area contributed by atoms with Crippen molar-refractivity contribution < 1.29 is 4.74 Å². The van der Waals surface area contributed by atoms with Crippen molar-refractivity contribution in [1.29, 1.82) is 0 Å². The second kappa shape index (κ2) is 5.23. The van der Waals surface area contributed by atoms with Gasteiger partial charge in [0.1, 0.15) is 5.75 Å². The van der Waals surface area contributed by atoms with E-state index in [4.69, 9.17) is 4.74 Å². The van der Waals surface area contributed by atoms with Gasteiger partial charge in [0.2, 0.25) is 0 Å². The van der Waals surface area contributed by atoms with E-state index in [-0.39, 0.29) is 12.4 Å². The molecule has 1 N–H and O–H groups in total. The lowest BCUT2D eigenvalue weighted by Gasteiger charge is -2.14. The van der Waals surface area contributed by atoms with Gasteiger partial charge in [-0.25, -0.2) is 0 Å². The minimum atomic E-state index is 0. The molecule has 1 heterocycles. The summed E-state index contributed by atoms with van der Waals surface area (Å²) in [5.41, 5.74) is 1.29. The first-order valence-electron chi connectivity index (χ1n) is 4.78. The Morgan fingerprint density at radius 2 is 2.14 bits per heavy atom. The first-order chi connectivity index (χ1) is 6.42. The standard InChI is InChI=1S/C11H15NO.ClH/c1-13-11-7-3-2-5-9(11)10-6-4-8-12-10;/h2-3,5,7,10,12H,4,6,8H2,1H3;1H/t10-;/m1./s1. The summed E-state index contributed by atoms with van der Waals surface area (Å²) >= 11 is 0. The molecule has 0 unspecified atom stereocenters. The number of nitrogens with one attached hydrogen (secondary N) is 1. The number of benzene rings is 1. The highest BCUT2D eigenvalue weighted by Crippen LogP contribution is 2.30. The van der Waals surface area contributed by atoms with Gasteiger partial charge in [-0.2, -0.15) is 0 Å². The molecule has 0 aromatic heterocycles. The topological polar surface area (TPSA) is 21.3 Å². The molecule has 78 valence electrons. The third-order valence-electron chi connectivity index (χ3n) is 2.57. The maximum absolute atomic E-state index is 5.32. The van der Waals surface area contributed by atoms with Crippen molar-refractivity contribution >= 4 is 12.4 Å². The second-order valence-corrected chi connectivity index (χ2v) is 3.39. The van der Waals surface area contributed by atoms with E-state index >= 15 is 0 Å². The summed E-state index contributed by atoms with van der Waals surface area (Å²) in [5, 5.41) is 3.47. The predicted octanol–water partition coefficient (Wildman–Crippen LogP) is 2.54. The van der Waals surface area contributed by atoms with Crippen LogP contribution in [0.3, 0.4) is 0 Å². The number of ether oxygens (including phenoxy) is 1. The van der Waals surface area contributed by atoms with Gasteiger partial charge in [0.25, 0.3) is 0 Å². The molecule has 0 radical (unpaired) electrons. The molecule has 0 aliphatic carbocycles. The van der Waals surface area contributed by atoms with Crippen LogP contribution in [-0.2, 0) is 0 Å². The highest BCUT2D eigenvalue weighted by atomic mass is 35.5. The van der Waals surface area contributed by atoms with Crippen LogP contribution in [0.4, 0.5) is 0 Å². The molecule has 3 heteroatoms. The SMILES string of the molecule is COc1ccccc1[C@H]1CCCN1.Cl. The summed E-state index contributed by atoms with van der Waals surface area (Å²) in [7, 11) is 1.73. The van der Waals surface area contributed by atoms with Gasteiger partial charge in [-0.1, -0.05) is 18.2 Å². The molecule has 2 nitrogen and oxygen atoms in total. The highest BCUT2D eigenvalue weighted by molar-refractivity contribution is 5.85. The molecule has 1 aromatic carbocycles. The number of hydrogen-bond acceptors (Lipinski definition) is 2. The van der Waals surface area contributed by atoms with Gasteiger partial charge >= 0.3 is 0 Å². The molecule has 14 heavy (non-hydrogen) atoms.